The fourth-order valence-electron chi connectivity index (χ4n) is 2.10. The van der Waals surface area contributed by atoms with Gasteiger partial charge in [0.05, 0.1) is 0 Å². The molecular weight excluding hydrogens is 183 g/mol. The van der Waals surface area contributed by atoms with E-state index in [1.165, 1.54) is 5.46 Å². The SMILES string of the molecule is C=CCC1C(=BC)C(=CCN)NC1C=C. The van der Waals surface area contributed by atoms with E-state index in [1.807, 2.05) is 18.2 Å². The van der Waals surface area contributed by atoms with Gasteiger partial charge < -0.3 is 0 Å². The Morgan fingerprint density at radius 2 is 2.27 bits per heavy atom. The maximum absolute atomic E-state index is 5.54. The first kappa shape index (κ1) is 12.0. The molecule has 1 rings (SSSR count). The molecule has 0 radical (unpaired) electrons. The summed E-state index contributed by atoms with van der Waals surface area (Å²) in [5, 5.41) is 3.42. The van der Waals surface area contributed by atoms with Crippen LogP contribution in [0.4, 0.5) is 0 Å². The first-order chi connectivity index (χ1) is 7.28. The quantitative estimate of drug-likeness (QED) is 0.529. The predicted octanol–water partition coefficient (Wildman–Crippen LogP) is 1.10. The van der Waals surface area contributed by atoms with Crippen LogP contribution in [0.3, 0.4) is 0 Å². The molecule has 1 saturated heterocycles. The monoisotopic (exact) mass is 202 g/mol. The third-order valence-electron chi connectivity index (χ3n) is 2.77. The Kier molecular flexibility index (Phi) is 4.57. The molecule has 3 heteroatoms. The van der Waals surface area contributed by atoms with E-state index in [9.17, 15) is 0 Å². The number of rotatable bonds is 4. The van der Waals surface area contributed by atoms with Crippen molar-refractivity contribution in [2.75, 3.05) is 6.54 Å². The first-order valence-electron chi connectivity index (χ1n) is 5.35. The molecular formula is C12H19BN2. The summed E-state index contributed by atoms with van der Waals surface area (Å²) < 4.78 is 0. The van der Waals surface area contributed by atoms with Gasteiger partial charge in [-0.25, -0.2) is 0 Å². The van der Waals surface area contributed by atoms with Gasteiger partial charge in [-0.05, 0) is 0 Å². The van der Waals surface area contributed by atoms with Crippen molar-refractivity contribution < 1.29 is 0 Å². The van der Waals surface area contributed by atoms with Crippen LogP contribution in [0.15, 0.2) is 37.1 Å². The normalized spacial score (nSPS) is 30.0. The molecule has 0 aliphatic carbocycles. The topological polar surface area (TPSA) is 38.0 Å². The molecule has 1 fully saturated rings. The van der Waals surface area contributed by atoms with Crippen LogP contribution in [0.2, 0.25) is 6.82 Å². The molecule has 1 heterocycles. The summed E-state index contributed by atoms with van der Waals surface area (Å²) in [5.74, 6) is 0.447. The van der Waals surface area contributed by atoms with Gasteiger partial charge in [-0.3, -0.25) is 0 Å². The number of allylic oxidation sites excluding steroid dienone is 2. The van der Waals surface area contributed by atoms with E-state index in [2.05, 4.69) is 32.2 Å². The van der Waals surface area contributed by atoms with Crippen molar-refractivity contribution in [1.82, 2.24) is 5.32 Å². The van der Waals surface area contributed by atoms with Gasteiger partial charge in [0.2, 0.25) is 0 Å². The van der Waals surface area contributed by atoms with Crippen molar-refractivity contribution in [3.63, 3.8) is 0 Å². The van der Waals surface area contributed by atoms with E-state index < -0.39 is 0 Å². The second kappa shape index (κ2) is 5.71. The van der Waals surface area contributed by atoms with Crippen LogP contribution >= 0.6 is 0 Å². The summed E-state index contributed by atoms with van der Waals surface area (Å²) in [4.78, 5) is 0. The molecule has 0 amide bonds. The van der Waals surface area contributed by atoms with Gasteiger partial charge in [-0.1, -0.05) is 0 Å². The van der Waals surface area contributed by atoms with Crippen LogP contribution in [-0.4, -0.2) is 25.0 Å². The van der Waals surface area contributed by atoms with Crippen LogP contribution in [0, 0.1) is 5.92 Å². The predicted molar refractivity (Wildman–Crippen MR) is 69.2 cm³/mol. The van der Waals surface area contributed by atoms with Crippen LogP contribution in [0.1, 0.15) is 6.42 Å². The van der Waals surface area contributed by atoms with E-state index in [1.54, 1.807) is 0 Å². The summed E-state index contributed by atoms with van der Waals surface area (Å²) >= 11 is 0. The molecule has 0 saturated carbocycles. The van der Waals surface area contributed by atoms with Crippen molar-refractivity contribution in [2.24, 2.45) is 11.7 Å². The number of nitrogens with one attached hydrogen (secondary N) is 1. The maximum atomic E-state index is 5.54. The number of hydrogen-bond donors (Lipinski definition) is 2. The number of hydrogen-bond acceptors (Lipinski definition) is 2. The van der Waals surface area contributed by atoms with Crippen LogP contribution < -0.4 is 11.1 Å². The Morgan fingerprint density at radius 1 is 1.53 bits per heavy atom. The molecule has 1 aliphatic heterocycles. The number of nitrogens with two attached hydrogens (primary N) is 1. The first-order valence-corrected chi connectivity index (χ1v) is 5.35. The second-order valence-electron chi connectivity index (χ2n) is 3.63. The molecule has 0 bridgehead atoms. The zero-order valence-corrected chi connectivity index (χ0v) is 9.37. The molecule has 0 spiro atoms. The molecule has 15 heavy (non-hydrogen) atoms. The van der Waals surface area contributed by atoms with Crippen molar-refractivity contribution in [3.05, 3.63) is 37.1 Å². The van der Waals surface area contributed by atoms with Crippen LogP contribution in [-0.2, 0) is 0 Å². The third kappa shape index (κ3) is 2.48. The average Bonchev–Trinajstić information content (AvgIpc) is 2.57. The van der Waals surface area contributed by atoms with Crippen molar-refractivity contribution in [1.29, 1.82) is 0 Å². The zero-order valence-electron chi connectivity index (χ0n) is 9.37. The molecule has 2 unspecified atom stereocenters. The summed E-state index contributed by atoms with van der Waals surface area (Å²) in [6.45, 7) is 12.4. The Bertz CT molecular complexity index is 305. The minimum atomic E-state index is 0.298. The Balaban J connectivity index is 2.97. The van der Waals surface area contributed by atoms with Gasteiger partial charge in [0.25, 0.3) is 0 Å². The van der Waals surface area contributed by atoms with Crippen molar-refractivity contribution >= 4 is 12.4 Å². The van der Waals surface area contributed by atoms with E-state index in [-0.39, 0.29) is 0 Å². The Hall–Kier alpha value is -1.09. The molecule has 80 valence electrons. The molecule has 1 aliphatic rings. The van der Waals surface area contributed by atoms with Gasteiger partial charge in [0, 0.05) is 0 Å². The molecule has 0 aromatic rings. The van der Waals surface area contributed by atoms with Crippen LogP contribution in [0.5, 0.6) is 0 Å². The summed E-state index contributed by atoms with van der Waals surface area (Å²) in [6, 6.07) is 0.298. The summed E-state index contributed by atoms with van der Waals surface area (Å²) in [5.41, 5.74) is 8.02. The summed E-state index contributed by atoms with van der Waals surface area (Å²) in [7, 11) is 0. The van der Waals surface area contributed by atoms with Gasteiger partial charge in [-0.2, -0.15) is 0 Å². The Labute approximate surface area is 92.8 Å². The molecule has 0 aromatic carbocycles. The van der Waals surface area contributed by atoms with E-state index in [4.69, 9.17) is 5.73 Å². The van der Waals surface area contributed by atoms with Gasteiger partial charge in [0.1, 0.15) is 0 Å². The van der Waals surface area contributed by atoms with Crippen LogP contribution in [0.25, 0.3) is 0 Å². The van der Waals surface area contributed by atoms with E-state index >= 15 is 0 Å². The Morgan fingerprint density at radius 3 is 2.73 bits per heavy atom. The van der Waals surface area contributed by atoms with Crippen molar-refractivity contribution in [3.8, 4) is 0 Å². The molecule has 3 N–H and O–H groups in total. The minimum absolute atomic E-state index is 0.298. The van der Waals surface area contributed by atoms with Gasteiger partial charge in [0.15, 0.2) is 0 Å². The van der Waals surface area contributed by atoms with Crippen molar-refractivity contribution in [2.45, 2.75) is 19.3 Å². The summed E-state index contributed by atoms with van der Waals surface area (Å²) in [6.07, 6.45) is 6.90. The molecule has 2 atom stereocenters. The molecule has 0 aromatic heterocycles. The standard InChI is InChI=1S/C12H19BN2/c1-4-6-9-10(5-2)15-11(7-8-14)12(9)13-3/h4-5,7,9-10,15H,1-2,6,8,14H2,3H3. The average molecular weight is 202 g/mol. The molecule has 2 nitrogen and oxygen atoms in total. The fraction of sp³-hybridized carbons (Fsp3) is 0.417. The van der Waals surface area contributed by atoms with Gasteiger partial charge >= 0.3 is 92.3 Å². The van der Waals surface area contributed by atoms with E-state index in [0.29, 0.717) is 18.5 Å². The van der Waals surface area contributed by atoms with E-state index in [0.717, 1.165) is 12.1 Å². The van der Waals surface area contributed by atoms with Gasteiger partial charge in [-0.15, -0.1) is 0 Å². The second-order valence-corrected chi connectivity index (χ2v) is 3.63. The third-order valence-corrected chi connectivity index (χ3v) is 2.77. The zero-order chi connectivity index (χ0) is 11.3. The fourth-order valence-corrected chi connectivity index (χ4v) is 2.10.